The van der Waals surface area contributed by atoms with E-state index in [2.05, 4.69) is 10.3 Å². The van der Waals surface area contributed by atoms with Crippen LogP contribution in [0.5, 0.6) is 11.5 Å². The van der Waals surface area contributed by atoms with Crippen molar-refractivity contribution < 1.29 is 19.4 Å². The second kappa shape index (κ2) is 4.74. The number of aromatic nitrogens is 3. The maximum Gasteiger partial charge on any atom is 0.358 e. The molecule has 0 spiro atoms. The van der Waals surface area contributed by atoms with E-state index in [1.54, 1.807) is 18.2 Å². The van der Waals surface area contributed by atoms with E-state index in [0.717, 1.165) is 0 Å². The van der Waals surface area contributed by atoms with Gasteiger partial charge in [0.25, 0.3) is 0 Å². The largest absolute Gasteiger partial charge is 0.493 e. The van der Waals surface area contributed by atoms with Crippen molar-refractivity contribution in [3.05, 3.63) is 30.1 Å². The van der Waals surface area contributed by atoms with Crippen LogP contribution in [0.25, 0.3) is 5.69 Å². The lowest BCUT2D eigenvalue weighted by molar-refractivity contribution is 0.0690. The standard InChI is InChI=1S/C11H11N3O4/c1-17-9-4-3-7(5-10(9)18-2)14-6-8(11(15)16)12-13-14/h3-6H,1-2H3,(H,15,16). The molecule has 0 aliphatic heterocycles. The average molecular weight is 249 g/mol. The van der Waals surface area contributed by atoms with Gasteiger partial charge in [-0.3, -0.25) is 0 Å². The van der Waals surface area contributed by atoms with Crippen molar-refractivity contribution in [3.8, 4) is 17.2 Å². The maximum absolute atomic E-state index is 10.7. The first-order chi connectivity index (χ1) is 8.65. The Labute approximate surface area is 103 Å². The minimum absolute atomic E-state index is 0.121. The van der Waals surface area contributed by atoms with Crippen molar-refractivity contribution in [1.82, 2.24) is 15.0 Å². The third-order valence-electron chi connectivity index (χ3n) is 2.34. The molecule has 0 aliphatic rings. The van der Waals surface area contributed by atoms with Gasteiger partial charge < -0.3 is 14.6 Å². The highest BCUT2D eigenvalue weighted by molar-refractivity contribution is 5.84. The molecule has 0 amide bonds. The van der Waals surface area contributed by atoms with Crippen molar-refractivity contribution in [3.63, 3.8) is 0 Å². The Morgan fingerprint density at radius 1 is 1.28 bits per heavy atom. The lowest BCUT2D eigenvalue weighted by Crippen LogP contribution is -1.97. The Morgan fingerprint density at radius 3 is 2.56 bits per heavy atom. The van der Waals surface area contributed by atoms with Crippen LogP contribution in [-0.2, 0) is 0 Å². The number of methoxy groups -OCH3 is 2. The third kappa shape index (κ3) is 2.10. The Morgan fingerprint density at radius 2 is 2.00 bits per heavy atom. The molecule has 1 aromatic heterocycles. The third-order valence-corrected chi connectivity index (χ3v) is 2.34. The summed E-state index contributed by atoms with van der Waals surface area (Å²) < 4.78 is 11.6. The van der Waals surface area contributed by atoms with E-state index in [0.29, 0.717) is 17.2 Å². The fraction of sp³-hybridized carbons (Fsp3) is 0.182. The fourth-order valence-corrected chi connectivity index (χ4v) is 1.46. The molecule has 7 heteroatoms. The zero-order valence-corrected chi connectivity index (χ0v) is 9.82. The normalized spacial score (nSPS) is 10.1. The van der Waals surface area contributed by atoms with Gasteiger partial charge in [-0.05, 0) is 12.1 Å². The number of carboxylic acids is 1. The van der Waals surface area contributed by atoms with E-state index in [1.807, 2.05) is 0 Å². The molecule has 2 rings (SSSR count). The van der Waals surface area contributed by atoms with Crippen LogP contribution >= 0.6 is 0 Å². The van der Waals surface area contributed by atoms with Crippen molar-refractivity contribution >= 4 is 5.97 Å². The average Bonchev–Trinajstić information content (AvgIpc) is 2.87. The van der Waals surface area contributed by atoms with Gasteiger partial charge in [-0.1, -0.05) is 5.21 Å². The minimum Gasteiger partial charge on any atom is -0.493 e. The zero-order valence-electron chi connectivity index (χ0n) is 9.82. The summed E-state index contributed by atoms with van der Waals surface area (Å²) in [5.74, 6) is -0.0103. The molecule has 0 saturated carbocycles. The summed E-state index contributed by atoms with van der Waals surface area (Å²) >= 11 is 0. The van der Waals surface area contributed by atoms with E-state index in [1.165, 1.54) is 25.1 Å². The quantitative estimate of drug-likeness (QED) is 0.869. The number of carbonyl (C=O) groups is 1. The van der Waals surface area contributed by atoms with Crippen LogP contribution in [0.3, 0.4) is 0 Å². The van der Waals surface area contributed by atoms with Gasteiger partial charge in [0, 0.05) is 6.07 Å². The minimum atomic E-state index is -1.12. The number of ether oxygens (including phenoxy) is 2. The predicted molar refractivity (Wildman–Crippen MR) is 61.4 cm³/mol. The molecule has 94 valence electrons. The van der Waals surface area contributed by atoms with Gasteiger partial charge in [0.1, 0.15) is 0 Å². The molecule has 0 aliphatic carbocycles. The molecule has 1 N–H and O–H groups in total. The molecule has 0 atom stereocenters. The van der Waals surface area contributed by atoms with Gasteiger partial charge in [-0.15, -0.1) is 5.10 Å². The highest BCUT2D eigenvalue weighted by Gasteiger charge is 2.11. The number of aromatic carboxylic acids is 1. The van der Waals surface area contributed by atoms with Crippen LogP contribution in [0.1, 0.15) is 10.5 Å². The number of hydrogen-bond acceptors (Lipinski definition) is 5. The van der Waals surface area contributed by atoms with Gasteiger partial charge in [0.2, 0.25) is 0 Å². The van der Waals surface area contributed by atoms with E-state index >= 15 is 0 Å². The molecular weight excluding hydrogens is 238 g/mol. The first-order valence-electron chi connectivity index (χ1n) is 5.03. The van der Waals surface area contributed by atoms with E-state index < -0.39 is 5.97 Å². The summed E-state index contributed by atoms with van der Waals surface area (Å²) in [5.41, 5.74) is 0.512. The molecule has 0 radical (unpaired) electrons. The van der Waals surface area contributed by atoms with E-state index in [9.17, 15) is 4.79 Å². The molecule has 0 unspecified atom stereocenters. The Kier molecular flexibility index (Phi) is 3.13. The Hall–Kier alpha value is -2.57. The summed E-state index contributed by atoms with van der Waals surface area (Å²) in [6.07, 6.45) is 1.32. The second-order valence-corrected chi connectivity index (χ2v) is 3.39. The molecule has 0 saturated heterocycles. The van der Waals surface area contributed by atoms with Crippen LogP contribution in [-0.4, -0.2) is 40.3 Å². The number of hydrogen-bond donors (Lipinski definition) is 1. The molecule has 1 aromatic carbocycles. The Balaban J connectivity index is 2.41. The van der Waals surface area contributed by atoms with Crippen molar-refractivity contribution in [2.45, 2.75) is 0 Å². The molecular formula is C11H11N3O4. The number of carboxylic acid groups (broad SMARTS) is 1. The van der Waals surface area contributed by atoms with Crippen LogP contribution in [0.4, 0.5) is 0 Å². The molecule has 2 aromatic rings. The summed E-state index contributed by atoms with van der Waals surface area (Å²) in [6, 6.07) is 5.11. The summed E-state index contributed by atoms with van der Waals surface area (Å²) in [6.45, 7) is 0. The van der Waals surface area contributed by atoms with Gasteiger partial charge in [0.15, 0.2) is 17.2 Å². The zero-order chi connectivity index (χ0) is 13.1. The van der Waals surface area contributed by atoms with E-state index in [-0.39, 0.29) is 5.69 Å². The van der Waals surface area contributed by atoms with Gasteiger partial charge in [-0.2, -0.15) is 0 Å². The van der Waals surface area contributed by atoms with Crippen LogP contribution in [0.15, 0.2) is 24.4 Å². The number of nitrogens with zero attached hydrogens (tertiary/aromatic N) is 3. The first kappa shape index (κ1) is 11.9. The molecule has 7 nitrogen and oxygen atoms in total. The van der Waals surface area contributed by atoms with Gasteiger partial charge in [-0.25, -0.2) is 9.48 Å². The highest BCUT2D eigenvalue weighted by atomic mass is 16.5. The topological polar surface area (TPSA) is 86.5 Å². The lowest BCUT2D eigenvalue weighted by atomic mass is 10.3. The highest BCUT2D eigenvalue weighted by Crippen LogP contribution is 2.28. The summed E-state index contributed by atoms with van der Waals surface area (Å²) in [7, 11) is 3.06. The van der Waals surface area contributed by atoms with Crippen LogP contribution < -0.4 is 9.47 Å². The molecule has 18 heavy (non-hydrogen) atoms. The van der Waals surface area contributed by atoms with Gasteiger partial charge in [0.05, 0.1) is 26.1 Å². The summed E-state index contributed by atoms with van der Waals surface area (Å²) in [5, 5.41) is 16.0. The molecule has 0 bridgehead atoms. The smallest absolute Gasteiger partial charge is 0.358 e. The fourth-order valence-electron chi connectivity index (χ4n) is 1.46. The van der Waals surface area contributed by atoms with Gasteiger partial charge >= 0.3 is 5.97 Å². The first-order valence-corrected chi connectivity index (χ1v) is 5.03. The van der Waals surface area contributed by atoms with Crippen molar-refractivity contribution in [2.75, 3.05) is 14.2 Å². The predicted octanol–water partition coefficient (Wildman–Crippen LogP) is 0.983. The second-order valence-electron chi connectivity index (χ2n) is 3.39. The number of rotatable bonds is 4. The monoisotopic (exact) mass is 249 g/mol. The SMILES string of the molecule is COc1ccc(-n2cc(C(=O)O)nn2)cc1OC. The van der Waals surface area contributed by atoms with Crippen molar-refractivity contribution in [2.24, 2.45) is 0 Å². The van der Waals surface area contributed by atoms with Crippen LogP contribution in [0, 0.1) is 0 Å². The van der Waals surface area contributed by atoms with Crippen molar-refractivity contribution in [1.29, 1.82) is 0 Å². The molecule has 1 heterocycles. The van der Waals surface area contributed by atoms with E-state index in [4.69, 9.17) is 14.6 Å². The Bertz CT molecular complexity index is 579. The van der Waals surface area contributed by atoms with Crippen LogP contribution in [0.2, 0.25) is 0 Å². The number of benzene rings is 1. The maximum atomic E-state index is 10.7. The lowest BCUT2D eigenvalue weighted by Gasteiger charge is -2.08. The summed E-state index contributed by atoms with van der Waals surface area (Å²) in [4.78, 5) is 10.7. The molecule has 0 fully saturated rings.